The Bertz CT molecular complexity index is 706. The molecular weight excluding hydrogens is 258 g/mol. The van der Waals surface area contributed by atoms with Gasteiger partial charge in [0.05, 0.1) is 5.54 Å². The summed E-state index contributed by atoms with van der Waals surface area (Å²) in [5.41, 5.74) is 6.85. The van der Waals surface area contributed by atoms with Crippen molar-refractivity contribution in [3.63, 3.8) is 0 Å². The van der Waals surface area contributed by atoms with Gasteiger partial charge < -0.3 is 0 Å². The average Bonchev–Trinajstić information content (AvgIpc) is 2.88. The molecule has 0 bridgehead atoms. The summed E-state index contributed by atoms with van der Waals surface area (Å²) >= 11 is 0. The summed E-state index contributed by atoms with van der Waals surface area (Å²) in [6, 6.07) is 6.62. The van der Waals surface area contributed by atoms with Crippen molar-refractivity contribution in [2.24, 2.45) is 4.99 Å². The highest BCUT2D eigenvalue weighted by Gasteiger charge is 2.37. The van der Waals surface area contributed by atoms with Gasteiger partial charge >= 0.3 is 0 Å². The fourth-order valence-corrected chi connectivity index (χ4v) is 3.84. The van der Waals surface area contributed by atoms with Crippen molar-refractivity contribution < 1.29 is 0 Å². The van der Waals surface area contributed by atoms with Crippen LogP contribution in [0.15, 0.2) is 41.9 Å². The van der Waals surface area contributed by atoms with Crippen LogP contribution >= 0.6 is 0 Å². The van der Waals surface area contributed by atoms with E-state index in [1.54, 1.807) is 6.33 Å². The van der Waals surface area contributed by atoms with Gasteiger partial charge in [0.1, 0.15) is 6.33 Å². The third kappa shape index (κ3) is 2.17. The smallest absolute Gasteiger partial charge is 0.115 e. The number of aromatic nitrogens is 2. The summed E-state index contributed by atoms with van der Waals surface area (Å²) in [6.07, 6.45) is 11.2. The molecule has 0 amide bonds. The zero-order chi connectivity index (χ0) is 14.3. The van der Waals surface area contributed by atoms with Gasteiger partial charge in [-0.1, -0.05) is 18.2 Å². The minimum absolute atomic E-state index is 0.183. The standard InChI is InChI=1S/C18H19N3/c1-13-5-7-18(21-13)8-6-17-14(9-18)3-2-4-16(17)15-10-19-12-20-11-15/h2-4,10-12H,5-9H2,1H3. The summed E-state index contributed by atoms with van der Waals surface area (Å²) in [5, 5.41) is 0. The summed E-state index contributed by atoms with van der Waals surface area (Å²) < 4.78 is 0. The normalized spacial score (nSPS) is 24.0. The quantitative estimate of drug-likeness (QED) is 0.798. The first kappa shape index (κ1) is 12.7. The van der Waals surface area contributed by atoms with Crippen LogP contribution in [0.5, 0.6) is 0 Å². The summed E-state index contributed by atoms with van der Waals surface area (Å²) in [4.78, 5) is 13.3. The molecule has 2 heterocycles. The topological polar surface area (TPSA) is 38.1 Å². The Labute approximate surface area is 125 Å². The van der Waals surface area contributed by atoms with E-state index in [9.17, 15) is 0 Å². The number of nitrogens with zero attached hydrogens (tertiary/aromatic N) is 3. The van der Waals surface area contributed by atoms with Crippen LogP contribution in [0.1, 0.15) is 37.3 Å². The van der Waals surface area contributed by atoms with Crippen LogP contribution in [0, 0.1) is 0 Å². The number of hydrogen-bond acceptors (Lipinski definition) is 3. The van der Waals surface area contributed by atoms with Crippen LogP contribution in [-0.2, 0) is 12.8 Å². The van der Waals surface area contributed by atoms with Crippen LogP contribution in [-0.4, -0.2) is 21.2 Å². The fraction of sp³-hybridized carbons (Fsp3) is 0.389. The molecule has 1 atom stereocenters. The molecule has 4 rings (SSSR count). The van der Waals surface area contributed by atoms with Crippen molar-refractivity contribution in [1.29, 1.82) is 0 Å². The first-order valence-corrected chi connectivity index (χ1v) is 7.67. The van der Waals surface area contributed by atoms with Crippen molar-refractivity contribution in [1.82, 2.24) is 9.97 Å². The van der Waals surface area contributed by atoms with Crippen molar-refractivity contribution >= 4 is 5.71 Å². The van der Waals surface area contributed by atoms with Crippen LogP contribution in [0.25, 0.3) is 11.1 Å². The van der Waals surface area contributed by atoms with E-state index < -0.39 is 0 Å². The summed E-state index contributed by atoms with van der Waals surface area (Å²) in [6.45, 7) is 2.17. The third-order valence-electron chi connectivity index (χ3n) is 4.88. The lowest BCUT2D eigenvalue weighted by atomic mass is 9.75. The van der Waals surface area contributed by atoms with E-state index in [4.69, 9.17) is 4.99 Å². The van der Waals surface area contributed by atoms with Gasteiger partial charge in [0.15, 0.2) is 0 Å². The Hall–Kier alpha value is -2.03. The second-order valence-electron chi connectivity index (χ2n) is 6.32. The van der Waals surface area contributed by atoms with Crippen molar-refractivity contribution in [3.8, 4) is 11.1 Å². The maximum Gasteiger partial charge on any atom is 0.115 e. The highest BCUT2D eigenvalue weighted by molar-refractivity contribution is 5.84. The van der Waals surface area contributed by atoms with E-state index in [1.807, 2.05) is 12.4 Å². The van der Waals surface area contributed by atoms with Gasteiger partial charge in [-0.2, -0.15) is 0 Å². The van der Waals surface area contributed by atoms with Crippen molar-refractivity contribution in [2.45, 2.75) is 44.6 Å². The van der Waals surface area contributed by atoms with E-state index >= 15 is 0 Å². The minimum atomic E-state index is 0.183. The lowest BCUT2D eigenvalue weighted by molar-refractivity contribution is 0.375. The highest BCUT2D eigenvalue weighted by Crippen LogP contribution is 2.41. The second kappa shape index (κ2) is 4.76. The molecule has 2 aromatic rings. The molecular formula is C18H19N3. The molecule has 0 N–H and O–H groups in total. The molecule has 1 aliphatic carbocycles. The molecule has 0 saturated heterocycles. The summed E-state index contributed by atoms with van der Waals surface area (Å²) in [7, 11) is 0. The Morgan fingerprint density at radius 1 is 1.05 bits per heavy atom. The van der Waals surface area contributed by atoms with Crippen molar-refractivity contribution in [2.75, 3.05) is 0 Å². The van der Waals surface area contributed by atoms with E-state index in [2.05, 4.69) is 35.1 Å². The molecule has 2 aliphatic rings. The minimum Gasteiger partial charge on any atom is -0.287 e. The lowest BCUT2D eigenvalue weighted by Gasteiger charge is -2.33. The molecule has 21 heavy (non-hydrogen) atoms. The first-order chi connectivity index (χ1) is 10.3. The summed E-state index contributed by atoms with van der Waals surface area (Å²) in [5.74, 6) is 0. The maximum atomic E-state index is 4.97. The van der Waals surface area contributed by atoms with Gasteiger partial charge in [-0.3, -0.25) is 4.99 Å². The lowest BCUT2D eigenvalue weighted by Crippen LogP contribution is -2.32. The Kier molecular flexibility index (Phi) is 2.88. The molecule has 1 spiro atoms. The molecule has 1 aromatic carbocycles. The highest BCUT2D eigenvalue weighted by atomic mass is 14.9. The molecule has 1 unspecified atom stereocenters. The van der Waals surface area contributed by atoms with Gasteiger partial charge in [0.2, 0.25) is 0 Å². The molecule has 3 heteroatoms. The van der Waals surface area contributed by atoms with Gasteiger partial charge in [-0.25, -0.2) is 9.97 Å². The number of fused-ring (bicyclic) bond motifs is 1. The van der Waals surface area contributed by atoms with E-state index in [0.717, 1.165) is 18.4 Å². The fourth-order valence-electron chi connectivity index (χ4n) is 3.84. The molecule has 1 aliphatic heterocycles. The Morgan fingerprint density at radius 2 is 1.86 bits per heavy atom. The Morgan fingerprint density at radius 3 is 2.62 bits per heavy atom. The molecule has 0 fully saturated rings. The van der Waals surface area contributed by atoms with Gasteiger partial charge in [0, 0.05) is 23.7 Å². The third-order valence-corrected chi connectivity index (χ3v) is 4.88. The van der Waals surface area contributed by atoms with E-state index in [-0.39, 0.29) is 5.54 Å². The number of rotatable bonds is 1. The van der Waals surface area contributed by atoms with Crippen LogP contribution in [0.4, 0.5) is 0 Å². The van der Waals surface area contributed by atoms with Crippen molar-refractivity contribution in [3.05, 3.63) is 48.0 Å². The zero-order valence-corrected chi connectivity index (χ0v) is 12.3. The number of benzene rings is 1. The largest absolute Gasteiger partial charge is 0.287 e. The second-order valence-corrected chi connectivity index (χ2v) is 6.32. The SMILES string of the molecule is CC1=NC2(CC1)CCc1c(cccc1-c1cncnc1)C2. The van der Waals surface area contributed by atoms with E-state index in [0.29, 0.717) is 0 Å². The first-order valence-electron chi connectivity index (χ1n) is 7.67. The van der Waals surface area contributed by atoms with Gasteiger partial charge in [0.25, 0.3) is 0 Å². The predicted molar refractivity (Wildman–Crippen MR) is 84.6 cm³/mol. The Balaban J connectivity index is 1.75. The molecule has 1 aromatic heterocycles. The van der Waals surface area contributed by atoms with Crippen LogP contribution in [0.3, 0.4) is 0 Å². The number of aliphatic imine (C=N–C) groups is 1. The molecule has 0 radical (unpaired) electrons. The van der Waals surface area contributed by atoms with Crippen LogP contribution < -0.4 is 0 Å². The molecule has 0 saturated carbocycles. The number of hydrogen-bond donors (Lipinski definition) is 0. The van der Waals surface area contributed by atoms with E-state index in [1.165, 1.54) is 41.7 Å². The maximum absolute atomic E-state index is 4.97. The zero-order valence-electron chi connectivity index (χ0n) is 12.3. The van der Waals surface area contributed by atoms with Gasteiger partial charge in [-0.05, 0) is 55.7 Å². The molecule has 106 valence electrons. The monoisotopic (exact) mass is 277 g/mol. The van der Waals surface area contributed by atoms with Crippen LogP contribution in [0.2, 0.25) is 0 Å². The molecule has 3 nitrogen and oxygen atoms in total. The van der Waals surface area contributed by atoms with Gasteiger partial charge in [-0.15, -0.1) is 0 Å². The predicted octanol–water partition coefficient (Wildman–Crippen LogP) is 3.63. The average molecular weight is 277 g/mol.